The normalized spacial score (nSPS) is 41.9. The SMILES string of the molecule is C1CCCC2CCCC3CCCC4CCCC5CCC6CCCCCCC6CCCCC5CCCCC4CCC3CCCC2CCC1. The van der Waals surface area contributed by atoms with Crippen molar-refractivity contribution in [2.24, 2.45) is 59.2 Å². The zero-order valence-corrected chi connectivity index (χ0v) is 31.9. The topological polar surface area (TPSA) is 0 Å². The highest BCUT2D eigenvalue weighted by Gasteiger charge is 2.33. The fourth-order valence-electron chi connectivity index (χ4n) is 13.7. The molecule has 0 radical (unpaired) electrons. The number of rotatable bonds is 0. The summed E-state index contributed by atoms with van der Waals surface area (Å²) in [7, 11) is 0. The summed E-state index contributed by atoms with van der Waals surface area (Å²) in [6, 6.07) is 0. The molecule has 6 rings (SSSR count). The molecule has 0 amide bonds. The van der Waals surface area contributed by atoms with Crippen LogP contribution < -0.4 is 0 Å². The second-order valence-electron chi connectivity index (χ2n) is 19.4. The summed E-state index contributed by atoms with van der Waals surface area (Å²) in [5.41, 5.74) is 0. The summed E-state index contributed by atoms with van der Waals surface area (Å²) < 4.78 is 0. The molecule has 272 valence electrons. The van der Waals surface area contributed by atoms with Gasteiger partial charge in [0.05, 0.1) is 0 Å². The maximum Gasteiger partial charge on any atom is -0.0386 e. The lowest BCUT2D eigenvalue weighted by molar-refractivity contribution is 0.168. The molecular formula is C47H84. The van der Waals surface area contributed by atoms with Gasteiger partial charge in [-0.15, -0.1) is 0 Å². The third-order valence-electron chi connectivity index (χ3n) is 16.6. The Morgan fingerprint density at radius 1 is 0.106 bits per heavy atom. The van der Waals surface area contributed by atoms with E-state index in [9.17, 15) is 0 Å². The van der Waals surface area contributed by atoms with E-state index < -0.39 is 0 Å². The van der Waals surface area contributed by atoms with Gasteiger partial charge in [0.15, 0.2) is 0 Å². The number of hydrogen-bond donors (Lipinski definition) is 0. The molecule has 0 aromatic carbocycles. The van der Waals surface area contributed by atoms with Gasteiger partial charge >= 0.3 is 0 Å². The van der Waals surface area contributed by atoms with E-state index in [1.165, 1.54) is 38.5 Å². The standard InChI is InChI=1S/C47H84/c1-2-6-19-40-26-14-29-43-30-15-28-42-31-17-32-46-36-34-44-21-9-5-4-8-18-38(44)22-10-11-23-39(46)24-12-13-25-45(42)35-37-47(43)33-16-27-41(40)20-7-3-1/h38-47H,1-37H2. The van der Waals surface area contributed by atoms with Crippen LogP contribution in [0.5, 0.6) is 0 Å². The molecule has 47 heavy (non-hydrogen) atoms. The second-order valence-corrected chi connectivity index (χ2v) is 19.4. The predicted octanol–water partition coefficient (Wildman–Crippen LogP) is 15.7. The van der Waals surface area contributed by atoms with Crippen molar-refractivity contribution in [2.45, 2.75) is 238 Å². The van der Waals surface area contributed by atoms with Gasteiger partial charge < -0.3 is 0 Å². The van der Waals surface area contributed by atoms with Crippen LogP contribution in [0.2, 0.25) is 0 Å². The van der Waals surface area contributed by atoms with E-state index in [-0.39, 0.29) is 0 Å². The summed E-state index contributed by atoms with van der Waals surface area (Å²) in [5.74, 6) is 10.7. The van der Waals surface area contributed by atoms with Crippen LogP contribution in [0.3, 0.4) is 0 Å². The first-order chi connectivity index (χ1) is 23.3. The smallest absolute Gasteiger partial charge is 0.0386 e. The number of fused-ring (bicyclic) bond motifs is 5. The molecule has 0 saturated heterocycles. The highest BCUT2D eigenvalue weighted by atomic mass is 14.4. The van der Waals surface area contributed by atoms with Crippen LogP contribution in [0.25, 0.3) is 0 Å². The Balaban J connectivity index is 1.05. The molecule has 6 aliphatic rings. The van der Waals surface area contributed by atoms with E-state index in [0.717, 1.165) is 59.2 Å². The molecule has 10 unspecified atom stereocenters. The molecule has 6 aliphatic carbocycles. The third kappa shape index (κ3) is 11.8. The molecule has 0 N–H and O–H groups in total. The van der Waals surface area contributed by atoms with E-state index in [1.807, 2.05) is 0 Å². The Morgan fingerprint density at radius 2 is 0.234 bits per heavy atom. The average Bonchev–Trinajstić information content (AvgIpc) is 3.20. The van der Waals surface area contributed by atoms with Crippen LogP contribution in [-0.4, -0.2) is 0 Å². The van der Waals surface area contributed by atoms with Gasteiger partial charge in [-0.25, -0.2) is 0 Å². The first-order valence-electron chi connectivity index (χ1n) is 23.3. The van der Waals surface area contributed by atoms with Gasteiger partial charge in [-0.3, -0.25) is 0 Å². The van der Waals surface area contributed by atoms with Crippen molar-refractivity contribution in [1.82, 2.24) is 0 Å². The molecule has 0 aliphatic heterocycles. The van der Waals surface area contributed by atoms with Crippen LogP contribution in [0.15, 0.2) is 0 Å². The van der Waals surface area contributed by atoms with Crippen molar-refractivity contribution in [3.8, 4) is 0 Å². The molecule has 6 saturated carbocycles. The quantitative estimate of drug-likeness (QED) is 0.245. The Bertz CT molecular complexity index is 813. The summed E-state index contributed by atoms with van der Waals surface area (Å²) in [5, 5.41) is 0. The molecule has 0 heteroatoms. The highest BCUT2D eigenvalue weighted by molar-refractivity contribution is 4.85. The van der Waals surface area contributed by atoms with E-state index in [1.54, 1.807) is 199 Å². The Hall–Kier alpha value is 0. The molecule has 0 aromatic rings. The van der Waals surface area contributed by atoms with Crippen LogP contribution in [0.1, 0.15) is 238 Å². The minimum Gasteiger partial charge on any atom is -0.0533 e. The third-order valence-corrected chi connectivity index (χ3v) is 16.6. The Labute approximate surface area is 295 Å². The minimum atomic E-state index is 1.07. The lowest BCUT2D eigenvalue weighted by Gasteiger charge is -2.35. The fourth-order valence-corrected chi connectivity index (χ4v) is 13.7. The van der Waals surface area contributed by atoms with Crippen molar-refractivity contribution in [1.29, 1.82) is 0 Å². The first-order valence-corrected chi connectivity index (χ1v) is 23.3. The van der Waals surface area contributed by atoms with E-state index in [4.69, 9.17) is 0 Å². The van der Waals surface area contributed by atoms with E-state index in [0.29, 0.717) is 0 Å². The lowest BCUT2D eigenvalue weighted by Crippen LogP contribution is -2.23. The highest BCUT2D eigenvalue weighted by Crippen LogP contribution is 2.45. The molecule has 0 spiro atoms. The van der Waals surface area contributed by atoms with Gasteiger partial charge in [0.1, 0.15) is 0 Å². The maximum absolute atomic E-state index is 1.60. The predicted molar refractivity (Wildman–Crippen MR) is 206 cm³/mol. The molecule has 0 bridgehead atoms. The average molecular weight is 649 g/mol. The van der Waals surface area contributed by atoms with Gasteiger partial charge in [-0.1, -0.05) is 212 Å². The van der Waals surface area contributed by atoms with E-state index >= 15 is 0 Å². The van der Waals surface area contributed by atoms with E-state index in [2.05, 4.69) is 0 Å². The van der Waals surface area contributed by atoms with Crippen LogP contribution in [0, 0.1) is 59.2 Å². The van der Waals surface area contributed by atoms with Gasteiger partial charge in [-0.2, -0.15) is 0 Å². The van der Waals surface area contributed by atoms with Crippen molar-refractivity contribution in [2.75, 3.05) is 0 Å². The zero-order chi connectivity index (χ0) is 31.9. The Kier molecular flexibility index (Phi) is 16.2. The lowest BCUT2D eigenvalue weighted by atomic mass is 9.71. The molecule has 0 aromatic heterocycles. The van der Waals surface area contributed by atoms with Gasteiger partial charge in [0.25, 0.3) is 0 Å². The second kappa shape index (κ2) is 20.8. The summed E-state index contributed by atoms with van der Waals surface area (Å²) in [6.45, 7) is 0. The number of hydrogen-bond acceptors (Lipinski definition) is 0. The van der Waals surface area contributed by atoms with Crippen molar-refractivity contribution in [3.05, 3.63) is 0 Å². The van der Waals surface area contributed by atoms with Crippen molar-refractivity contribution >= 4 is 0 Å². The molecule has 10 atom stereocenters. The van der Waals surface area contributed by atoms with Crippen LogP contribution >= 0.6 is 0 Å². The van der Waals surface area contributed by atoms with Gasteiger partial charge in [-0.05, 0) is 84.9 Å². The Morgan fingerprint density at radius 3 is 0.447 bits per heavy atom. The van der Waals surface area contributed by atoms with Crippen LogP contribution in [-0.2, 0) is 0 Å². The minimum absolute atomic E-state index is 1.07. The monoisotopic (exact) mass is 649 g/mol. The maximum atomic E-state index is 1.60. The van der Waals surface area contributed by atoms with Gasteiger partial charge in [0.2, 0.25) is 0 Å². The first kappa shape index (κ1) is 36.8. The molecule has 0 heterocycles. The largest absolute Gasteiger partial charge is 0.0533 e. The molecule has 6 fully saturated rings. The van der Waals surface area contributed by atoms with Gasteiger partial charge in [0, 0.05) is 0 Å². The summed E-state index contributed by atoms with van der Waals surface area (Å²) in [6.07, 6.45) is 58.1. The van der Waals surface area contributed by atoms with Crippen molar-refractivity contribution in [3.63, 3.8) is 0 Å². The molecular weight excluding hydrogens is 565 g/mol. The van der Waals surface area contributed by atoms with Crippen molar-refractivity contribution < 1.29 is 0 Å². The fraction of sp³-hybridized carbons (Fsp3) is 1.00. The summed E-state index contributed by atoms with van der Waals surface area (Å²) >= 11 is 0. The molecule has 0 nitrogen and oxygen atoms in total. The zero-order valence-electron chi connectivity index (χ0n) is 31.9. The summed E-state index contributed by atoms with van der Waals surface area (Å²) in [4.78, 5) is 0. The van der Waals surface area contributed by atoms with Crippen LogP contribution in [0.4, 0.5) is 0 Å².